The number of nitrogens with zero attached hydrogens (tertiary/aromatic N) is 1. The van der Waals surface area contributed by atoms with Crippen LogP contribution in [0.1, 0.15) is 4.11 Å². The molecule has 0 aromatic carbocycles. The topological polar surface area (TPSA) is 3.24 Å². The molecule has 0 fully saturated rings. The Bertz CT molecular complexity index is 160. The summed E-state index contributed by atoms with van der Waals surface area (Å²) in [4.78, 5) is 1.31. The maximum Gasteiger partial charge on any atom is 0.0475 e. The van der Waals surface area contributed by atoms with Crippen molar-refractivity contribution in [3.05, 3.63) is 38.0 Å². The Morgan fingerprint density at radius 1 is 1.00 bits per heavy atom. The van der Waals surface area contributed by atoms with Crippen LogP contribution in [-0.4, -0.2) is 24.5 Å². The quantitative estimate of drug-likeness (QED) is 0.509. The molecule has 56 valence electrons. The summed E-state index contributed by atoms with van der Waals surface area (Å²) in [6.45, 7) is 8.02. The first-order chi connectivity index (χ1) is 6.08. The summed E-state index contributed by atoms with van der Waals surface area (Å²) in [5.41, 5.74) is 0. The zero-order valence-corrected chi connectivity index (χ0v) is 6.03. The normalized spacial score (nSPS) is 23.1. The summed E-state index contributed by atoms with van der Waals surface area (Å²) in [7, 11) is 0. The molecule has 0 aromatic heterocycles. The van der Waals surface area contributed by atoms with Crippen LogP contribution in [0, 0.1) is 0 Å². The highest BCUT2D eigenvalue weighted by atomic mass is 15.1. The largest absolute Gasteiger partial charge is 0.292 e. The molecule has 0 spiro atoms. The second-order valence-corrected chi connectivity index (χ2v) is 1.60. The SMILES string of the molecule is [2H]C(C=C)N(C([2H])C=C)C([2H])C=C. The molecular formula is C9H15N. The zero-order chi connectivity index (χ0) is 10.4. The van der Waals surface area contributed by atoms with Gasteiger partial charge in [0, 0.05) is 23.7 Å². The molecule has 0 saturated heterocycles. The van der Waals surface area contributed by atoms with Crippen LogP contribution in [0.5, 0.6) is 0 Å². The summed E-state index contributed by atoms with van der Waals surface area (Å²) >= 11 is 0. The number of hydrogen-bond donors (Lipinski definition) is 0. The van der Waals surface area contributed by atoms with Gasteiger partial charge in [-0.3, -0.25) is 4.90 Å². The van der Waals surface area contributed by atoms with Gasteiger partial charge in [0.2, 0.25) is 0 Å². The van der Waals surface area contributed by atoms with Crippen LogP contribution in [0.4, 0.5) is 0 Å². The molecular weight excluding hydrogens is 122 g/mol. The monoisotopic (exact) mass is 140 g/mol. The van der Waals surface area contributed by atoms with Crippen molar-refractivity contribution in [2.24, 2.45) is 0 Å². The van der Waals surface area contributed by atoms with Crippen molar-refractivity contribution in [3.63, 3.8) is 0 Å². The lowest BCUT2D eigenvalue weighted by Gasteiger charge is -2.15. The van der Waals surface area contributed by atoms with Gasteiger partial charge in [-0.1, -0.05) is 18.2 Å². The summed E-state index contributed by atoms with van der Waals surface area (Å²) in [5, 5.41) is 0. The third-order valence-corrected chi connectivity index (χ3v) is 0.833. The minimum Gasteiger partial charge on any atom is -0.292 e. The van der Waals surface area contributed by atoms with Crippen LogP contribution >= 0.6 is 0 Å². The van der Waals surface area contributed by atoms with Gasteiger partial charge in [-0.2, -0.15) is 0 Å². The lowest BCUT2D eigenvalue weighted by molar-refractivity contribution is 0.373. The first-order valence-electron chi connectivity index (χ1n) is 4.73. The van der Waals surface area contributed by atoms with E-state index in [0.717, 1.165) is 0 Å². The third kappa shape index (κ3) is 4.10. The van der Waals surface area contributed by atoms with Gasteiger partial charge in [0.05, 0.1) is 0 Å². The van der Waals surface area contributed by atoms with Crippen LogP contribution < -0.4 is 0 Å². The maximum absolute atomic E-state index is 7.52. The Hall–Kier alpha value is -0.820. The average molecular weight is 140 g/mol. The fraction of sp³-hybridized carbons (Fsp3) is 0.333. The average Bonchev–Trinajstić information content (AvgIpc) is 2.16. The van der Waals surface area contributed by atoms with Crippen molar-refractivity contribution in [1.29, 1.82) is 0 Å². The molecule has 1 nitrogen and oxygen atoms in total. The Labute approximate surface area is 67.6 Å². The standard InChI is InChI=1S/C9H15N/c1-4-7-10(8-5-2)9-6-3/h4-6H,1-3,7-9H2/i7D,8D,9D. The molecule has 0 aliphatic carbocycles. The maximum atomic E-state index is 7.52. The van der Waals surface area contributed by atoms with Crippen molar-refractivity contribution >= 4 is 0 Å². The highest BCUT2D eigenvalue weighted by Gasteiger charge is 1.94. The van der Waals surface area contributed by atoms with Crippen LogP contribution in [0.2, 0.25) is 0 Å². The second-order valence-electron chi connectivity index (χ2n) is 1.60. The van der Waals surface area contributed by atoms with Gasteiger partial charge < -0.3 is 0 Å². The van der Waals surface area contributed by atoms with Gasteiger partial charge >= 0.3 is 0 Å². The molecule has 3 unspecified atom stereocenters. The third-order valence-electron chi connectivity index (χ3n) is 0.833. The Morgan fingerprint density at radius 3 is 1.50 bits per heavy atom. The lowest BCUT2D eigenvalue weighted by atomic mass is 10.4. The van der Waals surface area contributed by atoms with Gasteiger partial charge in [-0.15, -0.1) is 19.7 Å². The van der Waals surface area contributed by atoms with Gasteiger partial charge in [0.1, 0.15) is 0 Å². The van der Waals surface area contributed by atoms with Gasteiger partial charge in [0.25, 0.3) is 0 Å². The van der Waals surface area contributed by atoms with E-state index >= 15 is 0 Å². The van der Waals surface area contributed by atoms with Crippen LogP contribution in [-0.2, 0) is 0 Å². The molecule has 0 amide bonds. The van der Waals surface area contributed by atoms with Gasteiger partial charge in [0.15, 0.2) is 0 Å². The molecule has 0 rings (SSSR count). The van der Waals surface area contributed by atoms with E-state index in [9.17, 15) is 0 Å². The molecule has 0 bridgehead atoms. The van der Waals surface area contributed by atoms with Crippen molar-refractivity contribution in [2.75, 3.05) is 19.6 Å². The van der Waals surface area contributed by atoms with E-state index in [1.807, 2.05) is 0 Å². The summed E-state index contributed by atoms with van der Waals surface area (Å²) in [5.74, 6) is 0. The fourth-order valence-corrected chi connectivity index (χ4v) is 0.514. The van der Waals surface area contributed by atoms with E-state index in [1.165, 1.54) is 23.1 Å². The highest BCUT2D eigenvalue weighted by Crippen LogP contribution is 1.87. The Morgan fingerprint density at radius 2 is 1.30 bits per heavy atom. The van der Waals surface area contributed by atoms with Gasteiger partial charge in [-0.05, 0) is 0 Å². The van der Waals surface area contributed by atoms with E-state index in [-0.39, 0.29) is 0 Å². The summed E-state index contributed by atoms with van der Waals surface area (Å²) in [6, 6.07) is 0. The van der Waals surface area contributed by atoms with Crippen LogP contribution in [0.3, 0.4) is 0 Å². The zero-order valence-electron chi connectivity index (χ0n) is 9.03. The number of hydrogen-bond acceptors (Lipinski definition) is 1. The molecule has 10 heavy (non-hydrogen) atoms. The Kier molecular flexibility index (Phi) is 3.10. The predicted octanol–water partition coefficient (Wildman–Crippen LogP) is 1.85. The van der Waals surface area contributed by atoms with Crippen LogP contribution in [0.15, 0.2) is 38.0 Å². The lowest BCUT2D eigenvalue weighted by Crippen LogP contribution is -2.23. The molecule has 0 N–H and O–H groups in total. The second kappa shape index (κ2) is 6.30. The molecule has 0 aliphatic rings. The summed E-state index contributed by atoms with van der Waals surface area (Å²) < 4.78 is 22.6. The molecule has 0 saturated carbocycles. The predicted molar refractivity (Wildman–Crippen MR) is 47.0 cm³/mol. The molecule has 3 atom stereocenters. The molecule has 0 heterocycles. The van der Waals surface area contributed by atoms with E-state index in [2.05, 4.69) is 19.7 Å². The smallest absolute Gasteiger partial charge is 0.0475 e. The van der Waals surface area contributed by atoms with Crippen molar-refractivity contribution in [1.82, 2.24) is 4.90 Å². The molecule has 0 aliphatic heterocycles. The first-order valence-corrected chi connectivity index (χ1v) is 3.00. The van der Waals surface area contributed by atoms with E-state index in [0.29, 0.717) is 0 Å². The van der Waals surface area contributed by atoms with Crippen molar-refractivity contribution in [3.8, 4) is 0 Å². The van der Waals surface area contributed by atoms with Crippen molar-refractivity contribution < 1.29 is 4.11 Å². The highest BCUT2D eigenvalue weighted by molar-refractivity contribution is 4.83. The molecule has 0 aromatic rings. The molecule has 1 heteroatoms. The van der Waals surface area contributed by atoms with Gasteiger partial charge in [-0.25, -0.2) is 0 Å². The van der Waals surface area contributed by atoms with E-state index in [4.69, 9.17) is 4.11 Å². The minimum atomic E-state index is -0.777. The van der Waals surface area contributed by atoms with Crippen molar-refractivity contribution in [2.45, 2.75) is 0 Å². The van der Waals surface area contributed by atoms with E-state index < -0.39 is 19.6 Å². The van der Waals surface area contributed by atoms with E-state index in [1.54, 1.807) is 0 Å². The first kappa shape index (κ1) is 4.91. The number of rotatable bonds is 6. The van der Waals surface area contributed by atoms with Crippen LogP contribution in [0.25, 0.3) is 0 Å². The molecule has 0 radical (unpaired) electrons. The summed E-state index contributed by atoms with van der Waals surface area (Å²) in [6.07, 6.45) is 4.11. The minimum absolute atomic E-state index is 0.777. The Balaban J connectivity index is 4.61. The fourth-order valence-electron chi connectivity index (χ4n) is 0.514.